The molecule has 2 aromatic heterocycles. The molecule has 0 atom stereocenters. The largest absolute Gasteiger partial charge is 0.389 e. The average molecular weight is 261 g/mol. The van der Waals surface area contributed by atoms with Crippen LogP contribution in [-0.4, -0.2) is 26.3 Å². The lowest BCUT2D eigenvalue weighted by Gasteiger charge is -2.09. The van der Waals surface area contributed by atoms with Crippen molar-refractivity contribution in [1.29, 1.82) is 0 Å². The van der Waals surface area contributed by atoms with E-state index in [0.717, 1.165) is 30.0 Å². The number of hydrogen-bond acceptors (Lipinski definition) is 4. The van der Waals surface area contributed by atoms with E-state index in [2.05, 4.69) is 15.4 Å². The molecule has 5 nitrogen and oxygen atoms in total. The first kappa shape index (κ1) is 12.5. The summed E-state index contributed by atoms with van der Waals surface area (Å²) in [6, 6.07) is 5.68. The smallest absolute Gasteiger partial charge is 0.136 e. The fourth-order valence-electron chi connectivity index (χ4n) is 1.70. The number of thiocarbonyl (C=S) groups is 1. The highest BCUT2D eigenvalue weighted by Crippen LogP contribution is 2.11. The summed E-state index contributed by atoms with van der Waals surface area (Å²) >= 11 is 4.98. The maximum absolute atomic E-state index is 5.64. The van der Waals surface area contributed by atoms with Crippen molar-refractivity contribution in [1.82, 2.24) is 14.8 Å². The number of pyridine rings is 1. The van der Waals surface area contributed by atoms with Gasteiger partial charge in [-0.05, 0) is 18.2 Å². The molecule has 0 saturated heterocycles. The van der Waals surface area contributed by atoms with Crippen LogP contribution < -0.4 is 11.1 Å². The quantitative estimate of drug-likeness (QED) is 0.789. The number of nitrogens with zero attached hydrogens (tertiary/aromatic N) is 3. The molecule has 0 fully saturated rings. The summed E-state index contributed by atoms with van der Waals surface area (Å²) in [5, 5.41) is 7.36. The number of hydrogen-bond donors (Lipinski definition) is 2. The van der Waals surface area contributed by atoms with Crippen molar-refractivity contribution in [2.75, 3.05) is 11.9 Å². The van der Waals surface area contributed by atoms with Crippen molar-refractivity contribution in [2.24, 2.45) is 12.8 Å². The highest BCUT2D eigenvalue weighted by molar-refractivity contribution is 7.80. The van der Waals surface area contributed by atoms with Crippen LogP contribution in [0.5, 0.6) is 0 Å². The highest BCUT2D eigenvalue weighted by atomic mass is 32.1. The van der Waals surface area contributed by atoms with Gasteiger partial charge in [-0.2, -0.15) is 5.10 Å². The van der Waals surface area contributed by atoms with E-state index in [1.54, 1.807) is 12.4 Å². The number of nitrogens with two attached hydrogens (primary N) is 1. The second-order valence-electron chi connectivity index (χ2n) is 3.89. The Kier molecular flexibility index (Phi) is 3.88. The molecular formula is C12H15N5S. The summed E-state index contributed by atoms with van der Waals surface area (Å²) in [6.07, 6.45) is 4.37. The molecule has 94 valence electrons. The third-order valence-corrected chi connectivity index (χ3v) is 2.89. The summed E-state index contributed by atoms with van der Waals surface area (Å²) in [6.45, 7) is 0.756. The van der Waals surface area contributed by atoms with Gasteiger partial charge in [0.2, 0.25) is 0 Å². The molecule has 0 saturated carbocycles. The molecule has 2 aromatic rings. The van der Waals surface area contributed by atoms with Crippen molar-refractivity contribution >= 4 is 23.0 Å². The van der Waals surface area contributed by atoms with Gasteiger partial charge in [-0.3, -0.25) is 4.68 Å². The summed E-state index contributed by atoms with van der Waals surface area (Å²) in [5.74, 6) is 0.729. The topological polar surface area (TPSA) is 68.8 Å². The van der Waals surface area contributed by atoms with E-state index in [0.29, 0.717) is 4.99 Å². The summed E-state index contributed by atoms with van der Waals surface area (Å²) in [4.78, 5) is 4.59. The minimum absolute atomic E-state index is 0.353. The van der Waals surface area contributed by atoms with Crippen molar-refractivity contribution in [2.45, 2.75) is 6.42 Å². The number of rotatable bonds is 5. The first-order valence-electron chi connectivity index (χ1n) is 5.64. The average Bonchev–Trinajstić information content (AvgIpc) is 2.76. The standard InChI is InChI=1S/C12H15N5S/c1-17-9(5-8-16-17)4-7-15-12-10(11(13)18)3-2-6-14-12/h2-3,5-6,8H,4,7H2,1H3,(H2,13,18)(H,14,15). The normalized spacial score (nSPS) is 10.3. The van der Waals surface area contributed by atoms with Gasteiger partial charge in [0, 0.05) is 38.1 Å². The van der Waals surface area contributed by atoms with Gasteiger partial charge in [-0.25, -0.2) is 4.98 Å². The van der Waals surface area contributed by atoms with Crippen LogP contribution in [0.1, 0.15) is 11.3 Å². The number of aromatic nitrogens is 3. The second kappa shape index (κ2) is 5.59. The SMILES string of the molecule is Cn1nccc1CCNc1ncccc1C(N)=S. The summed E-state index contributed by atoms with van der Waals surface area (Å²) < 4.78 is 1.86. The van der Waals surface area contributed by atoms with Gasteiger partial charge in [0.05, 0.1) is 5.56 Å². The molecule has 0 aromatic carbocycles. The molecule has 3 N–H and O–H groups in total. The van der Waals surface area contributed by atoms with E-state index < -0.39 is 0 Å². The Morgan fingerprint density at radius 1 is 1.44 bits per heavy atom. The molecule has 0 aliphatic heterocycles. The van der Waals surface area contributed by atoms with E-state index >= 15 is 0 Å². The zero-order chi connectivity index (χ0) is 13.0. The van der Waals surface area contributed by atoms with Gasteiger partial charge in [0.15, 0.2) is 0 Å². The zero-order valence-electron chi connectivity index (χ0n) is 10.1. The Hall–Kier alpha value is -1.95. The molecule has 2 rings (SSSR count). The molecule has 0 aliphatic rings. The van der Waals surface area contributed by atoms with E-state index in [4.69, 9.17) is 18.0 Å². The molecule has 18 heavy (non-hydrogen) atoms. The van der Waals surface area contributed by atoms with Gasteiger partial charge < -0.3 is 11.1 Å². The lowest BCUT2D eigenvalue weighted by atomic mass is 10.2. The zero-order valence-corrected chi connectivity index (χ0v) is 10.9. The fourth-order valence-corrected chi connectivity index (χ4v) is 1.87. The van der Waals surface area contributed by atoms with E-state index in [9.17, 15) is 0 Å². The monoisotopic (exact) mass is 261 g/mol. The van der Waals surface area contributed by atoms with Crippen LogP contribution in [0.3, 0.4) is 0 Å². The van der Waals surface area contributed by atoms with Gasteiger partial charge in [0.25, 0.3) is 0 Å². The van der Waals surface area contributed by atoms with Crippen molar-refractivity contribution in [3.8, 4) is 0 Å². The van der Waals surface area contributed by atoms with Crippen LogP contribution in [0.25, 0.3) is 0 Å². The first-order chi connectivity index (χ1) is 8.68. The minimum atomic E-state index is 0.353. The Balaban J connectivity index is 1.99. The Morgan fingerprint density at radius 3 is 2.94 bits per heavy atom. The third-order valence-electron chi connectivity index (χ3n) is 2.67. The molecular weight excluding hydrogens is 246 g/mol. The van der Waals surface area contributed by atoms with Crippen molar-refractivity contribution < 1.29 is 0 Å². The van der Waals surface area contributed by atoms with Crippen LogP contribution in [0, 0.1) is 0 Å². The van der Waals surface area contributed by atoms with Gasteiger partial charge in [-0.15, -0.1) is 0 Å². The molecule has 2 heterocycles. The van der Waals surface area contributed by atoms with Crippen LogP contribution in [0.15, 0.2) is 30.6 Å². The second-order valence-corrected chi connectivity index (χ2v) is 4.33. The molecule has 6 heteroatoms. The molecule has 0 amide bonds. The predicted molar refractivity (Wildman–Crippen MR) is 75.5 cm³/mol. The molecule has 0 aliphatic carbocycles. The maximum Gasteiger partial charge on any atom is 0.136 e. The Morgan fingerprint density at radius 2 is 2.28 bits per heavy atom. The minimum Gasteiger partial charge on any atom is -0.389 e. The van der Waals surface area contributed by atoms with Gasteiger partial charge >= 0.3 is 0 Å². The van der Waals surface area contributed by atoms with Crippen molar-refractivity contribution in [3.05, 3.63) is 41.9 Å². The number of anilines is 1. The van der Waals surface area contributed by atoms with Crippen molar-refractivity contribution in [3.63, 3.8) is 0 Å². The van der Waals surface area contributed by atoms with Crippen LogP contribution >= 0.6 is 12.2 Å². The molecule has 0 unspecified atom stereocenters. The fraction of sp³-hybridized carbons (Fsp3) is 0.250. The third kappa shape index (κ3) is 2.84. The number of nitrogens with one attached hydrogen (secondary N) is 1. The first-order valence-corrected chi connectivity index (χ1v) is 6.05. The Bertz CT molecular complexity index is 549. The lowest BCUT2D eigenvalue weighted by molar-refractivity contribution is 0.711. The predicted octanol–water partition coefficient (Wildman–Crippen LogP) is 1.10. The maximum atomic E-state index is 5.64. The van der Waals surface area contributed by atoms with Crippen LogP contribution in [0.4, 0.5) is 5.82 Å². The summed E-state index contributed by atoms with van der Waals surface area (Å²) in [7, 11) is 1.93. The van der Waals surface area contributed by atoms with E-state index in [-0.39, 0.29) is 0 Å². The van der Waals surface area contributed by atoms with E-state index in [1.165, 1.54) is 0 Å². The molecule has 0 radical (unpaired) electrons. The molecule has 0 spiro atoms. The Labute approximate surface area is 111 Å². The number of aryl methyl sites for hydroxylation is 1. The lowest BCUT2D eigenvalue weighted by Crippen LogP contribution is -2.16. The summed E-state index contributed by atoms with van der Waals surface area (Å²) in [5.41, 5.74) is 7.58. The van der Waals surface area contributed by atoms with E-state index in [1.807, 2.05) is 29.9 Å². The highest BCUT2D eigenvalue weighted by Gasteiger charge is 2.05. The van der Waals surface area contributed by atoms with Gasteiger partial charge in [-0.1, -0.05) is 12.2 Å². The molecule has 0 bridgehead atoms. The van der Waals surface area contributed by atoms with Gasteiger partial charge in [0.1, 0.15) is 10.8 Å². The van der Waals surface area contributed by atoms with Crippen LogP contribution in [0.2, 0.25) is 0 Å². The van der Waals surface area contributed by atoms with Crippen LogP contribution in [-0.2, 0) is 13.5 Å².